The van der Waals surface area contributed by atoms with E-state index in [0.29, 0.717) is 17.4 Å². The molecule has 112 valence electrons. The van der Waals surface area contributed by atoms with Crippen molar-refractivity contribution in [3.8, 4) is 0 Å². The van der Waals surface area contributed by atoms with Crippen LogP contribution in [0.3, 0.4) is 0 Å². The Labute approximate surface area is 138 Å². The molecule has 0 atom stereocenters. The molecule has 1 amide bonds. The van der Waals surface area contributed by atoms with Crippen LogP contribution in [0.15, 0.2) is 51.3 Å². The summed E-state index contributed by atoms with van der Waals surface area (Å²) in [5.41, 5.74) is 0.423. The van der Waals surface area contributed by atoms with Crippen molar-refractivity contribution in [1.82, 2.24) is 14.9 Å². The minimum Gasteiger partial charge on any atom is -0.350 e. The number of fused-ring (bicyclic) bond motifs is 1. The molecule has 1 aromatic carbocycles. The molecule has 5 nitrogen and oxygen atoms in total. The summed E-state index contributed by atoms with van der Waals surface area (Å²) in [6.07, 6.45) is 1.41. The third kappa shape index (κ3) is 3.26. The first-order chi connectivity index (χ1) is 10.6. The second-order valence-electron chi connectivity index (χ2n) is 4.68. The van der Waals surface area contributed by atoms with Crippen LogP contribution in [0.5, 0.6) is 0 Å². The van der Waals surface area contributed by atoms with E-state index >= 15 is 0 Å². The van der Waals surface area contributed by atoms with E-state index in [2.05, 4.69) is 26.2 Å². The SMILES string of the molecule is O=C(Cn1cnc2ccccc2c1=O)NCc1ccc(Br)s1. The fourth-order valence-corrected chi connectivity index (χ4v) is 3.48. The number of nitrogens with zero attached hydrogens (tertiary/aromatic N) is 2. The van der Waals surface area contributed by atoms with Crippen molar-refractivity contribution in [2.24, 2.45) is 0 Å². The molecule has 7 heteroatoms. The van der Waals surface area contributed by atoms with Crippen LogP contribution < -0.4 is 10.9 Å². The first-order valence-electron chi connectivity index (χ1n) is 6.58. The second kappa shape index (κ2) is 6.41. The van der Waals surface area contributed by atoms with Crippen LogP contribution in [0.4, 0.5) is 0 Å². The highest BCUT2D eigenvalue weighted by Crippen LogP contribution is 2.21. The molecule has 0 aliphatic carbocycles. The Kier molecular flexibility index (Phi) is 4.35. The Bertz CT molecular complexity index is 888. The van der Waals surface area contributed by atoms with Crippen LogP contribution in [-0.4, -0.2) is 15.5 Å². The standard InChI is InChI=1S/C15H12BrN3O2S/c16-13-6-5-10(22-13)7-17-14(20)8-19-9-18-12-4-2-1-3-11(12)15(19)21/h1-6,9H,7-8H2,(H,17,20). The van der Waals surface area contributed by atoms with Crippen LogP contribution in [-0.2, 0) is 17.9 Å². The molecule has 0 radical (unpaired) electrons. The molecule has 2 heterocycles. The van der Waals surface area contributed by atoms with Crippen molar-refractivity contribution < 1.29 is 4.79 Å². The molecule has 3 aromatic rings. The van der Waals surface area contributed by atoms with Gasteiger partial charge in [-0.15, -0.1) is 11.3 Å². The molecule has 1 N–H and O–H groups in total. The lowest BCUT2D eigenvalue weighted by Gasteiger charge is -2.07. The molecule has 2 aromatic heterocycles. The van der Waals surface area contributed by atoms with Gasteiger partial charge in [-0.05, 0) is 40.2 Å². The van der Waals surface area contributed by atoms with Gasteiger partial charge >= 0.3 is 0 Å². The Hall–Kier alpha value is -1.99. The van der Waals surface area contributed by atoms with Gasteiger partial charge in [-0.3, -0.25) is 14.2 Å². The first kappa shape index (κ1) is 14.9. The predicted molar refractivity (Wildman–Crippen MR) is 89.9 cm³/mol. The highest BCUT2D eigenvalue weighted by atomic mass is 79.9. The minimum absolute atomic E-state index is 0.0385. The number of nitrogens with one attached hydrogen (secondary N) is 1. The lowest BCUT2D eigenvalue weighted by Crippen LogP contribution is -2.32. The molecule has 0 saturated heterocycles. The Morgan fingerprint density at radius 2 is 2.09 bits per heavy atom. The van der Waals surface area contributed by atoms with E-state index in [1.54, 1.807) is 29.5 Å². The number of carbonyl (C=O) groups excluding carboxylic acids is 1. The maximum absolute atomic E-state index is 12.3. The summed E-state index contributed by atoms with van der Waals surface area (Å²) in [6, 6.07) is 11.0. The lowest BCUT2D eigenvalue weighted by atomic mass is 10.2. The third-order valence-corrected chi connectivity index (χ3v) is 4.76. The maximum atomic E-state index is 12.3. The number of hydrogen-bond acceptors (Lipinski definition) is 4. The zero-order chi connectivity index (χ0) is 15.5. The number of rotatable bonds is 4. The van der Waals surface area contributed by atoms with Crippen LogP contribution in [0.1, 0.15) is 4.88 Å². The van der Waals surface area contributed by atoms with Gasteiger partial charge < -0.3 is 5.32 Å². The number of amides is 1. The maximum Gasteiger partial charge on any atom is 0.261 e. The average molecular weight is 378 g/mol. The fourth-order valence-electron chi connectivity index (χ4n) is 2.06. The molecule has 0 bridgehead atoms. The minimum atomic E-state index is -0.219. The summed E-state index contributed by atoms with van der Waals surface area (Å²) in [7, 11) is 0. The van der Waals surface area contributed by atoms with Gasteiger partial charge in [-0.25, -0.2) is 4.98 Å². The molecule has 0 spiro atoms. The van der Waals surface area contributed by atoms with Crippen molar-refractivity contribution in [3.05, 3.63) is 61.7 Å². The summed E-state index contributed by atoms with van der Waals surface area (Å²) >= 11 is 4.94. The van der Waals surface area contributed by atoms with Gasteiger partial charge in [0.15, 0.2) is 0 Å². The molecule has 3 rings (SSSR count). The number of hydrogen-bond donors (Lipinski definition) is 1. The largest absolute Gasteiger partial charge is 0.350 e. The van der Waals surface area contributed by atoms with Crippen LogP contribution in [0.25, 0.3) is 10.9 Å². The summed E-state index contributed by atoms with van der Waals surface area (Å²) in [6.45, 7) is 0.411. The summed E-state index contributed by atoms with van der Waals surface area (Å²) in [5.74, 6) is -0.219. The summed E-state index contributed by atoms with van der Waals surface area (Å²) in [4.78, 5) is 29.5. The van der Waals surface area contributed by atoms with E-state index in [1.165, 1.54) is 10.9 Å². The van der Waals surface area contributed by atoms with Crippen molar-refractivity contribution in [3.63, 3.8) is 0 Å². The van der Waals surface area contributed by atoms with Gasteiger partial charge in [0.05, 0.1) is 27.6 Å². The zero-order valence-corrected chi connectivity index (χ0v) is 13.9. The molecule has 0 fully saturated rings. The van der Waals surface area contributed by atoms with Crippen molar-refractivity contribution in [2.75, 3.05) is 0 Å². The number of carbonyl (C=O) groups is 1. The predicted octanol–water partition coefficient (Wildman–Crippen LogP) is 2.54. The molecular formula is C15H12BrN3O2S. The van der Waals surface area contributed by atoms with Gasteiger partial charge in [0, 0.05) is 4.88 Å². The number of para-hydroxylation sites is 1. The van der Waals surface area contributed by atoms with Gasteiger partial charge in [-0.2, -0.15) is 0 Å². The zero-order valence-electron chi connectivity index (χ0n) is 11.5. The Morgan fingerprint density at radius 1 is 1.27 bits per heavy atom. The number of benzene rings is 1. The van der Waals surface area contributed by atoms with Crippen LogP contribution in [0.2, 0.25) is 0 Å². The van der Waals surface area contributed by atoms with E-state index in [1.807, 2.05) is 18.2 Å². The van der Waals surface area contributed by atoms with Crippen molar-refractivity contribution >= 4 is 44.1 Å². The van der Waals surface area contributed by atoms with Crippen LogP contribution in [0, 0.1) is 0 Å². The fraction of sp³-hybridized carbons (Fsp3) is 0.133. The molecule has 22 heavy (non-hydrogen) atoms. The smallest absolute Gasteiger partial charge is 0.261 e. The molecule has 0 unspecified atom stereocenters. The van der Waals surface area contributed by atoms with Gasteiger partial charge in [-0.1, -0.05) is 12.1 Å². The highest BCUT2D eigenvalue weighted by molar-refractivity contribution is 9.11. The number of thiophene rings is 1. The van der Waals surface area contributed by atoms with Crippen LogP contribution >= 0.6 is 27.3 Å². The van der Waals surface area contributed by atoms with Crippen molar-refractivity contribution in [1.29, 1.82) is 0 Å². The van der Waals surface area contributed by atoms with Gasteiger partial charge in [0.25, 0.3) is 5.56 Å². The first-order valence-corrected chi connectivity index (χ1v) is 8.19. The normalized spacial score (nSPS) is 10.8. The van der Waals surface area contributed by atoms with E-state index in [0.717, 1.165) is 8.66 Å². The van der Waals surface area contributed by atoms with Gasteiger partial charge in [0.1, 0.15) is 6.54 Å². The van der Waals surface area contributed by atoms with E-state index in [9.17, 15) is 9.59 Å². The molecule has 0 aliphatic rings. The molecule has 0 aliphatic heterocycles. The van der Waals surface area contributed by atoms with E-state index in [-0.39, 0.29) is 18.0 Å². The van der Waals surface area contributed by atoms with E-state index in [4.69, 9.17) is 0 Å². The lowest BCUT2D eigenvalue weighted by molar-refractivity contribution is -0.121. The summed E-state index contributed by atoms with van der Waals surface area (Å²) < 4.78 is 2.34. The Balaban J connectivity index is 1.71. The van der Waals surface area contributed by atoms with Crippen molar-refractivity contribution in [2.45, 2.75) is 13.1 Å². The van der Waals surface area contributed by atoms with E-state index < -0.39 is 0 Å². The Morgan fingerprint density at radius 3 is 2.86 bits per heavy atom. The molecule has 0 saturated carbocycles. The number of halogens is 1. The third-order valence-electron chi connectivity index (χ3n) is 3.13. The second-order valence-corrected chi connectivity index (χ2v) is 7.22. The highest BCUT2D eigenvalue weighted by Gasteiger charge is 2.08. The average Bonchev–Trinajstić information content (AvgIpc) is 2.94. The number of aromatic nitrogens is 2. The molecular weight excluding hydrogens is 366 g/mol. The monoisotopic (exact) mass is 377 g/mol. The topological polar surface area (TPSA) is 64.0 Å². The quantitative estimate of drug-likeness (QED) is 0.759. The summed E-state index contributed by atoms with van der Waals surface area (Å²) in [5, 5.41) is 3.31. The van der Waals surface area contributed by atoms with Gasteiger partial charge in [0.2, 0.25) is 5.91 Å².